The molecule has 0 aromatic heterocycles. The van der Waals surface area contributed by atoms with E-state index in [9.17, 15) is 22.9 Å². The van der Waals surface area contributed by atoms with E-state index in [0.29, 0.717) is 0 Å². The predicted molar refractivity (Wildman–Crippen MR) is 95.8 cm³/mol. The Balaban J connectivity index is 2.28. The van der Waals surface area contributed by atoms with Gasteiger partial charge in [-0.15, -0.1) is 0 Å². The lowest BCUT2D eigenvalue weighted by molar-refractivity contribution is -0.384. The minimum atomic E-state index is -4.04. The van der Waals surface area contributed by atoms with E-state index >= 15 is 0 Å². The highest BCUT2D eigenvalue weighted by Gasteiger charge is 2.21. The van der Waals surface area contributed by atoms with Gasteiger partial charge in [-0.05, 0) is 43.9 Å². The van der Waals surface area contributed by atoms with Gasteiger partial charge in [-0.25, -0.2) is 17.9 Å². The van der Waals surface area contributed by atoms with E-state index in [2.05, 4.69) is 5.32 Å². The Bertz CT molecular complexity index is 901. The highest BCUT2D eigenvalue weighted by molar-refractivity contribution is 7.89. The van der Waals surface area contributed by atoms with Gasteiger partial charge in [0.25, 0.3) is 5.69 Å². The molecule has 0 bridgehead atoms. The van der Waals surface area contributed by atoms with Crippen molar-refractivity contribution in [3.63, 3.8) is 0 Å². The van der Waals surface area contributed by atoms with Crippen molar-refractivity contribution in [2.24, 2.45) is 5.14 Å². The Kier molecular flexibility index (Phi) is 5.90. The molecule has 10 heteroatoms. The highest BCUT2D eigenvalue weighted by atomic mass is 32.2. The van der Waals surface area contributed by atoms with Gasteiger partial charge in [-0.2, -0.15) is 0 Å². The summed E-state index contributed by atoms with van der Waals surface area (Å²) in [5.41, 5.74) is 0.595. The van der Waals surface area contributed by atoms with Crippen LogP contribution < -0.4 is 10.5 Å². The number of nitro groups is 1. The first-order chi connectivity index (χ1) is 12.1. The van der Waals surface area contributed by atoms with Crippen molar-refractivity contribution >= 4 is 21.4 Å². The maximum atomic E-state index is 13.1. The molecule has 0 aliphatic carbocycles. The summed E-state index contributed by atoms with van der Waals surface area (Å²) in [6, 6.07) is 9.20. The van der Waals surface area contributed by atoms with Crippen LogP contribution in [0.4, 0.5) is 15.8 Å². The van der Waals surface area contributed by atoms with E-state index in [4.69, 9.17) is 5.14 Å². The number of likely N-dealkylation sites (N-methyl/N-ethyl adjacent to an activating group) is 1. The monoisotopic (exact) mass is 382 g/mol. The van der Waals surface area contributed by atoms with Crippen molar-refractivity contribution in [3.8, 4) is 0 Å². The lowest BCUT2D eigenvalue weighted by atomic mass is 10.1. The molecule has 8 nitrogen and oxygen atoms in total. The fraction of sp³-hybridized carbons (Fsp3) is 0.250. The fourth-order valence-corrected chi connectivity index (χ4v) is 3.01. The summed E-state index contributed by atoms with van der Waals surface area (Å²) in [5.74, 6) is -0.353. The molecular formula is C16H19FN4O4S. The smallest absolute Gasteiger partial charge is 0.293 e. The standard InChI is InChI=1S/C16H19FN4O4S/c1-20(2)16(11-3-5-12(17)6-4-11)10-19-14-8-7-13(26(18,24)25)9-15(14)21(22)23/h3-9,16,19H,10H2,1-2H3,(H2,18,24,25). The minimum Gasteiger partial charge on any atom is -0.378 e. The van der Waals surface area contributed by atoms with Gasteiger partial charge in [0.05, 0.1) is 15.9 Å². The Morgan fingerprint density at radius 3 is 2.35 bits per heavy atom. The van der Waals surface area contributed by atoms with Crippen LogP contribution in [0.2, 0.25) is 0 Å². The number of rotatable bonds is 7. The minimum absolute atomic E-state index is 0.163. The summed E-state index contributed by atoms with van der Waals surface area (Å²) in [6.07, 6.45) is 0. The molecular weight excluding hydrogens is 363 g/mol. The zero-order valence-electron chi connectivity index (χ0n) is 14.2. The van der Waals surface area contributed by atoms with Crippen molar-refractivity contribution < 1.29 is 17.7 Å². The van der Waals surface area contributed by atoms with Crippen LogP contribution >= 0.6 is 0 Å². The summed E-state index contributed by atoms with van der Waals surface area (Å²) in [7, 11) is -0.388. The first kappa shape index (κ1) is 19.8. The van der Waals surface area contributed by atoms with Crippen molar-refractivity contribution in [1.29, 1.82) is 0 Å². The molecule has 3 N–H and O–H groups in total. The van der Waals surface area contributed by atoms with Crippen molar-refractivity contribution in [3.05, 3.63) is 64.0 Å². The fourth-order valence-electron chi connectivity index (χ4n) is 2.48. The molecule has 0 amide bonds. The molecule has 0 heterocycles. The number of nitrogens with two attached hydrogens (primary N) is 1. The van der Waals surface area contributed by atoms with Crippen LogP contribution in [0.5, 0.6) is 0 Å². The number of hydrogen-bond acceptors (Lipinski definition) is 6. The molecule has 0 radical (unpaired) electrons. The molecule has 0 spiro atoms. The number of anilines is 1. The summed E-state index contributed by atoms with van der Waals surface area (Å²) in [4.78, 5) is 12.1. The molecule has 1 atom stereocenters. The maximum Gasteiger partial charge on any atom is 0.293 e. The molecule has 1 unspecified atom stereocenters. The zero-order chi connectivity index (χ0) is 19.5. The van der Waals surface area contributed by atoms with E-state index in [-0.39, 0.29) is 29.0 Å². The Labute approximate surface area is 150 Å². The molecule has 2 aromatic carbocycles. The lowest BCUT2D eigenvalue weighted by Gasteiger charge is -2.25. The molecule has 140 valence electrons. The van der Waals surface area contributed by atoms with Gasteiger partial charge in [0.1, 0.15) is 11.5 Å². The molecule has 26 heavy (non-hydrogen) atoms. The van der Waals surface area contributed by atoms with E-state index < -0.39 is 20.6 Å². The highest BCUT2D eigenvalue weighted by Crippen LogP contribution is 2.28. The van der Waals surface area contributed by atoms with Crippen LogP contribution in [0.25, 0.3) is 0 Å². The quantitative estimate of drug-likeness (QED) is 0.559. The second kappa shape index (κ2) is 7.77. The molecule has 0 fully saturated rings. The number of hydrogen-bond donors (Lipinski definition) is 2. The first-order valence-corrected chi connectivity index (χ1v) is 9.11. The summed E-state index contributed by atoms with van der Waals surface area (Å²) in [6.45, 7) is 0.286. The normalized spacial score (nSPS) is 12.8. The van der Waals surface area contributed by atoms with Crippen LogP contribution in [0.15, 0.2) is 47.4 Å². The molecule has 2 aromatic rings. The number of sulfonamides is 1. The third kappa shape index (κ3) is 4.75. The van der Waals surface area contributed by atoms with Gasteiger partial charge in [-0.1, -0.05) is 12.1 Å². The summed E-state index contributed by atoms with van der Waals surface area (Å²) < 4.78 is 35.9. The number of nitrogens with zero attached hydrogens (tertiary/aromatic N) is 2. The Morgan fingerprint density at radius 2 is 1.85 bits per heavy atom. The lowest BCUT2D eigenvalue weighted by Crippen LogP contribution is -2.27. The summed E-state index contributed by atoms with van der Waals surface area (Å²) in [5, 5.41) is 19.2. The van der Waals surface area contributed by atoms with Crippen LogP contribution in [-0.4, -0.2) is 38.9 Å². The van der Waals surface area contributed by atoms with Crippen molar-refractivity contribution in [2.75, 3.05) is 26.0 Å². The molecule has 2 rings (SSSR count). The average Bonchev–Trinajstić information content (AvgIpc) is 2.55. The second-order valence-electron chi connectivity index (χ2n) is 5.89. The van der Waals surface area contributed by atoms with Crippen LogP contribution in [-0.2, 0) is 10.0 Å². The molecule has 0 aliphatic heterocycles. The Morgan fingerprint density at radius 1 is 1.23 bits per heavy atom. The van der Waals surface area contributed by atoms with E-state index in [1.165, 1.54) is 24.3 Å². The topological polar surface area (TPSA) is 119 Å². The average molecular weight is 382 g/mol. The molecule has 0 saturated carbocycles. The number of nitrogens with one attached hydrogen (secondary N) is 1. The van der Waals surface area contributed by atoms with Crippen LogP contribution in [0, 0.1) is 15.9 Å². The zero-order valence-corrected chi connectivity index (χ0v) is 15.0. The summed E-state index contributed by atoms with van der Waals surface area (Å²) >= 11 is 0. The number of benzene rings is 2. The second-order valence-corrected chi connectivity index (χ2v) is 7.45. The molecule has 0 aliphatic rings. The van der Waals surface area contributed by atoms with E-state index in [0.717, 1.165) is 11.6 Å². The maximum absolute atomic E-state index is 13.1. The van der Waals surface area contributed by atoms with Gasteiger partial charge in [0, 0.05) is 12.6 Å². The third-order valence-corrected chi connectivity index (χ3v) is 4.77. The molecule has 0 saturated heterocycles. The first-order valence-electron chi connectivity index (χ1n) is 7.56. The van der Waals surface area contributed by atoms with Gasteiger partial charge < -0.3 is 10.2 Å². The van der Waals surface area contributed by atoms with Crippen LogP contribution in [0.3, 0.4) is 0 Å². The van der Waals surface area contributed by atoms with E-state index in [1.54, 1.807) is 12.1 Å². The van der Waals surface area contributed by atoms with Gasteiger partial charge in [0.15, 0.2) is 0 Å². The largest absolute Gasteiger partial charge is 0.378 e. The third-order valence-electron chi connectivity index (χ3n) is 3.86. The number of primary sulfonamides is 1. The van der Waals surface area contributed by atoms with Gasteiger partial charge in [0.2, 0.25) is 10.0 Å². The van der Waals surface area contributed by atoms with Crippen LogP contribution in [0.1, 0.15) is 11.6 Å². The number of halogens is 1. The van der Waals surface area contributed by atoms with Crippen molar-refractivity contribution in [2.45, 2.75) is 10.9 Å². The SMILES string of the molecule is CN(C)C(CNc1ccc(S(N)(=O)=O)cc1[N+](=O)[O-])c1ccc(F)cc1. The van der Waals surface area contributed by atoms with Crippen molar-refractivity contribution in [1.82, 2.24) is 4.90 Å². The number of nitro benzene ring substituents is 1. The predicted octanol–water partition coefficient (Wildman–Crippen LogP) is 2.10. The Hall–Kier alpha value is -2.56. The van der Waals surface area contributed by atoms with Gasteiger partial charge >= 0.3 is 0 Å². The van der Waals surface area contributed by atoms with Gasteiger partial charge in [-0.3, -0.25) is 10.1 Å². The van der Waals surface area contributed by atoms with E-state index in [1.807, 2.05) is 19.0 Å².